The lowest BCUT2D eigenvalue weighted by atomic mass is 9.53. The minimum Gasteiger partial charge on any atom is -0.393 e. The van der Waals surface area contributed by atoms with Crippen LogP contribution >= 0.6 is 0 Å². The third kappa shape index (κ3) is 1.36. The first-order valence-corrected chi connectivity index (χ1v) is 4.73. The lowest BCUT2D eigenvalue weighted by Gasteiger charge is -2.55. The van der Waals surface area contributed by atoms with Crippen molar-refractivity contribution in [3.8, 4) is 0 Å². The fraction of sp³-hybridized carbons (Fsp3) is 1.00. The predicted molar refractivity (Wildman–Crippen MR) is 44.4 cm³/mol. The Bertz CT molecular complexity index is 206. The van der Waals surface area contributed by atoms with Gasteiger partial charge >= 0.3 is 0 Å². The summed E-state index contributed by atoms with van der Waals surface area (Å²) in [6.45, 7) is 0.435. The van der Waals surface area contributed by atoms with Gasteiger partial charge in [0.25, 0.3) is 0 Å². The van der Waals surface area contributed by atoms with E-state index in [0.717, 1.165) is 0 Å². The topological polar surface area (TPSA) is 46.2 Å². The van der Waals surface area contributed by atoms with Gasteiger partial charge in [0.15, 0.2) is 0 Å². The molecule has 2 aliphatic carbocycles. The van der Waals surface area contributed by atoms with Gasteiger partial charge in [-0.25, -0.2) is 8.78 Å². The number of alkyl halides is 2. The summed E-state index contributed by atoms with van der Waals surface area (Å²) in [6.07, 6.45) is 0.861. The van der Waals surface area contributed by atoms with E-state index < -0.39 is 5.92 Å². The summed E-state index contributed by atoms with van der Waals surface area (Å²) in [5.41, 5.74) is 5.41. The maximum atomic E-state index is 12.6. The highest BCUT2D eigenvalue weighted by molar-refractivity contribution is 5.05. The van der Waals surface area contributed by atoms with Gasteiger partial charge in [0.05, 0.1) is 6.10 Å². The Morgan fingerprint density at radius 2 is 1.77 bits per heavy atom. The van der Waals surface area contributed by atoms with Gasteiger partial charge in [-0.05, 0) is 30.7 Å². The highest BCUT2D eigenvalue weighted by Gasteiger charge is 2.58. The van der Waals surface area contributed by atoms with Crippen molar-refractivity contribution in [2.45, 2.75) is 37.7 Å². The fourth-order valence-electron chi connectivity index (χ4n) is 2.64. The number of hydrogen-bond acceptors (Lipinski definition) is 2. The standard InChI is InChI=1S/C9H15F2NO/c10-9(11)1-6(2-9)8(5-12)3-7(13)4-8/h6-7,13H,1-5,12H2. The molecule has 0 spiro atoms. The second-order valence-electron chi connectivity index (χ2n) is 4.59. The second kappa shape index (κ2) is 2.64. The van der Waals surface area contributed by atoms with E-state index in [0.29, 0.717) is 19.4 Å². The number of nitrogens with two attached hydrogens (primary N) is 1. The summed E-state index contributed by atoms with van der Waals surface area (Å²) in [5.74, 6) is -2.43. The Balaban J connectivity index is 1.94. The zero-order valence-electron chi connectivity index (χ0n) is 7.47. The van der Waals surface area contributed by atoms with Gasteiger partial charge in [-0.1, -0.05) is 0 Å². The van der Waals surface area contributed by atoms with Crippen molar-refractivity contribution >= 4 is 0 Å². The molecule has 2 fully saturated rings. The largest absolute Gasteiger partial charge is 0.393 e. The zero-order valence-corrected chi connectivity index (χ0v) is 7.47. The highest BCUT2D eigenvalue weighted by atomic mass is 19.3. The van der Waals surface area contributed by atoms with E-state index >= 15 is 0 Å². The fourth-order valence-corrected chi connectivity index (χ4v) is 2.64. The number of aliphatic hydroxyl groups excluding tert-OH is 1. The molecule has 76 valence electrons. The van der Waals surface area contributed by atoms with Gasteiger partial charge in [0, 0.05) is 12.8 Å². The molecule has 0 heterocycles. The summed E-state index contributed by atoms with van der Waals surface area (Å²) in [6, 6.07) is 0. The molecule has 0 radical (unpaired) electrons. The van der Waals surface area contributed by atoms with Crippen molar-refractivity contribution in [1.82, 2.24) is 0 Å². The van der Waals surface area contributed by atoms with Gasteiger partial charge in [-0.15, -0.1) is 0 Å². The van der Waals surface area contributed by atoms with E-state index in [4.69, 9.17) is 5.73 Å². The summed E-state index contributed by atoms with van der Waals surface area (Å²) >= 11 is 0. The molecule has 0 atom stereocenters. The van der Waals surface area contributed by atoms with Gasteiger partial charge in [0.1, 0.15) is 0 Å². The quantitative estimate of drug-likeness (QED) is 0.687. The molecule has 2 rings (SSSR count). The van der Waals surface area contributed by atoms with Crippen LogP contribution in [0.25, 0.3) is 0 Å². The van der Waals surface area contributed by atoms with Crippen molar-refractivity contribution in [2.24, 2.45) is 17.1 Å². The van der Waals surface area contributed by atoms with E-state index in [1.165, 1.54) is 0 Å². The minimum absolute atomic E-state index is 0.0308. The van der Waals surface area contributed by atoms with Crippen molar-refractivity contribution in [2.75, 3.05) is 6.54 Å². The first kappa shape index (κ1) is 9.34. The molecule has 3 N–H and O–H groups in total. The number of halogens is 2. The lowest BCUT2D eigenvalue weighted by molar-refractivity contribution is -0.184. The van der Waals surface area contributed by atoms with Crippen molar-refractivity contribution in [1.29, 1.82) is 0 Å². The van der Waals surface area contributed by atoms with E-state index in [1.54, 1.807) is 0 Å². The SMILES string of the molecule is NCC1(C2CC(F)(F)C2)CC(O)C1. The molecule has 4 heteroatoms. The Kier molecular flexibility index (Phi) is 1.90. The molecule has 2 nitrogen and oxygen atoms in total. The molecular formula is C9H15F2NO. The van der Waals surface area contributed by atoms with Gasteiger partial charge < -0.3 is 10.8 Å². The zero-order chi connectivity index (χ0) is 9.69. The smallest absolute Gasteiger partial charge is 0.248 e. The van der Waals surface area contributed by atoms with Gasteiger partial charge in [0.2, 0.25) is 5.92 Å². The normalized spacial score (nSPS) is 43.8. The van der Waals surface area contributed by atoms with E-state index in [9.17, 15) is 13.9 Å². The Labute approximate surface area is 76.1 Å². The molecule has 0 bridgehead atoms. The van der Waals surface area contributed by atoms with Crippen LogP contribution in [0.1, 0.15) is 25.7 Å². The van der Waals surface area contributed by atoms with Crippen molar-refractivity contribution in [3.05, 3.63) is 0 Å². The number of aliphatic hydroxyl groups is 1. The monoisotopic (exact) mass is 191 g/mol. The van der Waals surface area contributed by atoms with E-state index in [1.807, 2.05) is 0 Å². The number of hydrogen-bond donors (Lipinski definition) is 2. The first-order valence-electron chi connectivity index (χ1n) is 4.73. The number of rotatable bonds is 2. The molecule has 0 aromatic heterocycles. The van der Waals surface area contributed by atoms with Crippen molar-refractivity contribution in [3.63, 3.8) is 0 Å². The lowest BCUT2D eigenvalue weighted by Crippen LogP contribution is -2.57. The van der Waals surface area contributed by atoms with Crippen LogP contribution in [-0.2, 0) is 0 Å². The van der Waals surface area contributed by atoms with Crippen LogP contribution in [0.4, 0.5) is 8.78 Å². The predicted octanol–water partition coefficient (Wildman–Crippen LogP) is 1.13. The van der Waals surface area contributed by atoms with E-state index in [-0.39, 0.29) is 30.3 Å². The second-order valence-corrected chi connectivity index (χ2v) is 4.59. The summed E-state index contributed by atoms with van der Waals surface area (Å²) < 4.78 is 25.2. The minimum atomic E-state index is -2.46. The molecule has 0 aromatic rings. The molecule has 0 aromatic carbocycles. The highest BCUT2D eigenvalue weighted by Crippen LogP contribution is 2.58. The van der Waals surface area contributed by atoms with Gasteiger partial charge in [-0.3, -0.25) is 0 Å². The summed E-state index contributed by atoms with van der Waals surface area (Å²) in [7, 11) is 0. The summed E-state index contributed by atoms with van der Waals surface area (Å²) in [4.78, 5) is 0. The molecular weight excluding hydrogens is 176 g/mol. The van der Waals surface area contributed by atoms with Crippen LogP contribution in [0.5, 0.6) is 0 Å². The Morgan fingerprint density at radius 3 is 2.08 bits per heavy atom. The summed E-state index contributed by atoms with van der Waals surface area (Å²) in [5, 5.41) is 9.17. The van der Waals surface area contributed by atoms with Crippen molar-refractivity contribution < 1.29 is 13.9 Å². The van der Waals surface area contributed by atoms with Crippen LogP contribution < -0.4 is 5.73 Å². The average Bonchev–Trinajstić information content (AvgIpc) is 1.93. The third-order valence-corrected chi connectivity index (χ3v) is 3.65. The van der Waals surface area contributed by atoms with Crippen LogP contribution in [0.2, 0.25) is 0 Å². The van der Waals surface area contributed by atoms with E-state index in [2.05, 4.69) is 0 Å². The first-order chi connectivity index (χ1) is 5.97. The van der Waals surface area contributed by atoms with Crippen LogP contribution in [0.15, 0.2) is 0 Å². The van der Waals surface area contributed by atoms with Gasteiger partial charge in [-0.2, -0.15) is 0 Å². The molecule has 0 amide bonds. The third-order valence-electron chi connectivity index (χ3n) is 3.65. The average molecular weight is 191 g/mol. The molecule has 0 aliphatic heterocycles. The van der Waals surface area contributed by atoms with Crippen LogP contribution in [0, 0.1) is 11.3 Å². The van der Waals surface area contributed by atoms with Crippen LogP contribution in [0.3, 0.4) is 0 Å². The Hall–Kier alpha value is -0.220. The molecule has 0 unspecified atom stereocenters. The maximum Gasteiger partial charge on any atom is 0.248 e. The molecule has 0 saturated heterocycles. The molecule has 2 saturated carbocycles. The molecule has 13 heavy (non-hydrogen) atoms. The molecule has 2 aliphatic rings. The Morgan fingerprint density at radius 1 is 1.23 bits per heavy atom. The van der Waals surface area contributed by atoms with Crippen LogP contribution in [-0.4, -0.2) is 23.7 Å². The maximum absolute atomic E-state index is 12.6.